The molecule has 0 aromatic carbocycles. The summed E-state index contributed by atoms with van der Waals surface area (Å²) in [5, 5.41) is 2.92. The summed E-state index contributed by atoms with van der Waals surface area (Å²) >= 11 is 0. The zero-order valence-electron chi connectivity index (χ0n) is 17.0. The largest absolute Gasteiger partial charge is 0.399 e. The number of carbonyl (C=O) groups excluding carboxylic acids is 1. The Hall–Kier alpha value is -2.48. The molecule has 1 amide bonds. The molecular weight excluding hydrogens is 395 g/mol. The number of anilines is 1. The monoisotopic (exact) mass is 419 g/mol. The van der Waals surface area contributed by atoms with Gasteiger partial charge in [0, 0.05) is 29.3 Å². The maximum atomic E-state index is 13.3. The van der Waals surface area contributed by atoms with Gasteiger partial charge in [0.25, 0.3) is 0 Å². The molecule has 3 heterocycles. The van der Waals surface area contributed by atoms with Crippen LogP contribution in [-0.2, 0) is 40.8 Å². The van der Waals surface area contributed by atoms with Crippen LogP contribution < -0.4 is 5.32 Å². The van der Waals surface area contributed by atoms with E-state index in [1.807, 2.05) is 6.07 Å². The number of carbonyl (C=O) groups is 1. The van der Waals surface area contributed by atoms with Crippen LogP contribution in [0.1, 0.15) is 48.5 Å². The fourth-order valence-corrected chi connectivity index (χ4v) is 3.88. The summed E-state index contributed by atoms with van der Waals surface area (Å²) in [6, 6.07) is 5.01. The summed E-state index contributed by atoms with van der Waals surface area (Å²) in [5.74, 6) is -0.369. The maximum absolute atomic E-state index is 13.3. The Bertz CT molecular complexity index is 973. The Labute approximate surface area is 173 Å². The van der Waals surface area contributed by atoms with Gasteiger partial charge in [-0.2, -0.15) is 13.2 Å². The van der Waals surface area contributed by atoms with Crippen LogP contribution in [0.4, 0.5) is 18.9 Å². The molecule has 2 aromatic rings. The molecule has 0 spiro atoms. The quantitative estimate of drug-likeness (QED) is 0.813. The summed E-state index contributed by atoms with van der Waals surface area (Å²) in [5.41, 5.74) is 2.10. The molecule has 0 saturated heterocycles. The maximum Gasteiger partial charge on any atom is 0.399 e. The van der Waals surface area contributed by atoms with Gasteiger partial charge in [-0.1, -0.05) is 6.07 Å². The lowest BCUT2D eigenvalue weighted by molar-refractivity contribution is -0.181. The molecule has 160 valence electrons. The van der Waals surface area contributed by atoms with Crippen LogP contribution >= 0.6 is 0 Å². The van der Waals surface area contributed by atoms with Gasteiger partial charge in [0.1, 0.15) is 5.41 Å². The molecule has 4 rings (SSSR count). The molecule has 0 radical (unpaired) electrons. The summed E-state index contributed by atoms with van der Waals surface area (Å²) in [6.45, 7) is 3.42. The van der Waals surface area contributed by atoms with E-state index in [-0.39, 0.29) is 17.5 Å². The van der Waals surface area contributed by atoms with Crippen molar-refractivity contribution >= 4 is 11.6 Å². The number of amides is 1. The van der Waals surface area contributed by atoms with Gasteiger partial charge < -0.3 is 10.1 Å². The number of aromatic nitrogens is 2. The molecule has 0 bridgehead atoms. The van der Waals surface area contributed by atoms with Crippen LogP contribution in [0, 0.1) is 5.92 Å². The molecule has 8 heteroatoms. The highest BCUT2D eigenvalue weighted by Crippen LogP contribution is 2.40. The van der Waals surface area contributed by atoms with Gasteiger partial charge in [-0.25, -0.2) is 0 Å². The molecule has 0 unspecified atom stereocenters. The minimum atomic E-state index is -4.38. The van der Waals surface area contributed by atoms with E-state index in [1.165, 1.54) is 6.07 Å². The Morgan fingerprint density at radius 3 is 2.73 bits per heavy atom. The number of aryl methyl sites for hydroxylation is 1. The minimum absolute atomic E-state index is 0.0130. The number of nitrogens with zero attached hydrogens (tertiary/aromatic N) is 2. The number of ether oxygens (including phenoxy) is 1. The van der Waals surface area contributed by atoms with Crippen LogP contribution in [0.5, 0.6) is 0 Å². The number of halogens is 3. The first-order valence-electron chi connectivity index (χ1n) is 10.1. The molecule has 1 aliphatic heterocycles. The normalized spacial score (nSPS) is 19.0. The van der Waals surface area contributed by atoms with E-state index in [2.05, 4.69) is 15.3 Å². The zero-order valence-corrected chi connectivity index (χ0v) is 17.0. The summed E-state index contributed by atoms with van der Waals surface area (Å²) < 4.78 is 45.4. The molecule has 2 aromatic heterocycles. The fourth-order valence-electron chi connectivity index (χ4n) is 3.88. The van der Waals surface area contributed by atoms with E-state index in [9.17, 15) is 18.0 Å². The van der Waals surface area contributed by atoms with Crippen molar-refractivity contribution in [3.63, 3.8) is 0 Å². The average molecular weight is 419 g/mol. The molecule has 0 fully saturated rings. The lowest BCUT2D eigenvalue weighted by atomic mass is 9.83. The van der Waals surface area contributed by atoms with Crippen molar-refractivity contribution in [2.45, 2.75) is 57.7 Å². The standard InChI is InChI=1S/C22H24F3N3O2/c1-21(2,22(23,24)25)19-6-4-13-9-14(3-5-18(13)28-19)20(29)27-16-10-15-12-30-8-7-17(15)26-11-16/h4,6,10-11,14H,3,5,7-9,12H2,1-2H3,(H,27,29)/t14-/m1/s1. The van der Waals surface area contributed by atoms with Gasteiger partial charge in [-0.3, -0.25) is 14.8 Å². The van der Waals surface area contributed by atoms with Crippen LogP contribution in [0.3, 0.4) is 0 Å². The third kappa shape index (κ3) is 3.93. The Balaban J connectivity index is 1.46. The van der Waals surface area contributed by atoms with Gasteiger partial charge in [0.2, 0.25) is 5.91 Å². The topological polar surface area (TPSA) is 64.1 Å². The number of nitrogens with one attached hydrogen (secondary N) is 1. The third-order valence-electron chi connectivity index (χ3n) is 6.05. The van der Waals surface area contributed by atoms with Crippen LogP contribution in [0.25, 0.3) is 0 Å². The zero-order chi connectivity index (χ0) is 21.5. The molecule has 1 N–H and O–H groups in total. The van der Waals surface area contributed by atoms with E-state index in [0.29, 0.717) is 43.9 Å². The second-order valence-electron chi connectivity index (χ2n) is 8.49. The Morgan fingerprint density at radius 2 is 1.97 bits per heavy atom. The van der Waals surface area contributed by atoms with Gasteiger partial charge in [-0.05, 0) is 50.8 Å². The number of hydrogen-bond acceptors (Lipinski definition) is 4. The van der Waals surface area contributed by atoms with Crippen molar-refractivity contribution in [2.24, 2.45) is 5.92 Å². The number of pyridine rings is 2. The smallest absolute Gasteiger partial charge is 0.376 e. The fraction of sp³-hybridized carbons (Fsp3) is 0.500. The summed E-state index contributed by atoms with van der Waals surface area (Å²) in [7, 11) is 0. The van der Waals surface area contributed by atoms with E-state index < -0.39 is 11.6 Å². The Morgan fingerprint density at radius 1 is 1.17 bits per heavy atom. The van der Waals surface area contributed by atoms with Crippen molar-refractivity contribution in [2.75, 3.05) is 11.9 Å². The van der Waals surface area contributed by atoms with Gasteiger partial charge >= 0.3 is 6.18 Å². The van der Waals surface area contributed by atoms with Crippen molar-refractivity contribution in [3.8, 4) is 0 Å². The van der Waals surface area contributed by atoms with Crippen molar-refractivity contribution in [1.82, 2.24) is 9.97 Å². The van der Waals surface area contributed by atoms with Crippen LogP contribution in [-0.4, -0.2) is 28.7 Å². The first-order valence-corrected chi connectivity index (χ1v) is 10.1. The van der Waals surface area contributed by atoms with Crippen molar-refractivity contribution < 1.29 is 22.7 Å². The average Bonchev–Trinajstić information content (AvgIpc) is 2.72. The lowest BCUT2D eigenvalue weighted by Gasteiger charge is -2.29. The highest BCUT2D eigenvalue weighted by molar-refractivity contribution is 5.92. The SMILES string of the molecule is CC(C)(c1ccc2c(n1)CC[C@@H](C(=O)Nc1cnc3c(c1)COCC3)C2)C(F)(F)F. The number of rotatable bonds is 3. The van der Waals surface area contributed by atoms with E-state index in [1.54, 1.807) is 12.3 Å². The van der Waals surface area contributed by atoms with E-state index >= 15 is 0 Å². The summed E-state index contributed by atoms with van der Waals surface area (Å²) in [4.78, 5) is 21.5. The minimum Gasteiger partial charge on any atom is -0.376 e. The molecule has 5 nitrogen and oxygen atoms in total. The molecular formula is C22H24F3N3O2. The second-order valence-corrected chi connectivity index (χ2v) is 8.49. The lowest BCUT2D eigenvalue weighted by Crippen LogP contribution is -2.38. The van der Waals surface area contributed by atoms with Crippen LogP contribution in [0.15, 0.2) is 24.4 Å². The number of fused-ring (bicyclic) bond motifs is 2. The first-order chi connectivity index (χ1) is 14.1. The van der Waals surface area contributed by atoms with Crippen molar-refractivity contribution in [1.29, 1.82) is 0 Å². The number of hydrogen-bond donors (Lipinski definition) is 1. The first kappa shape index (κ1) is 20.8. The molecule has 0 saturated carbocycles. The number of alkyl halides is 3. The van der Waals surface area contributed by atoms with Gasteiger partial charge in [0.15, 0.2) is 0 Å². The molecule has 30 heavy (non-hydrogen) atoms. The van der Waals surface area contributed by atoms with E-state index in [0.717, 1.165) is 37.1 Å². The van der Waals surface area contributed by atoms with Crippen molar-refractivity contribution in [3.05, 3.63) is 52.6 Å². The predicted molar refractivity (Wildman–Crippen MR) is 105 cm³/mol. The highest BCUT2D eigenvalue weighted by Gasteiger charge is 2.49. The second kappa shape index (κ2) is 7.65. The predicted octanol–water partition coefficient (Wildman–Crippen LogP) is 4.13. The molecule has 1 aliphatic carbocycles. The van der Waals surface area contributed by atoms with Gasteiger partial charge in [-0.15, -0.1) is 0 Å². The van der Waals surface area contributed by atoms with Crippen LogP contribution in [0.2, 0.25) is 0 Å². The third-order valence-corrected chi connectivity index (χ3v) is 6.05. The van der Waals surface area contributed by atoms with Gasteiger partial charge in [0.05, 0.1) is 30.8 Å². The molecule has 1 atom stereocenters. The molecule has 2 aliphatic rings. The Kier molecular flexibility index (Phi) is 5.30. The van der Waals surface area contributed by atoms with E-state index in [4.69, 9.17) is 4.74 Å². The highest BCUT2D eigenvalue weighted by atomic mass is 19.4. The summed E-state index contributed by atoms with van der Waals surface area (Å²) in [6.07, 6.45) is -0.467.